The Kier molecular flexibility index (Phi) is 7.05. The van der Waals surface area contributed by atoms with E-state index in [0.29, 0.717) is 18.4 Å². The molecular formula is C26H32F2N2O4. The van der Waals surface area contributed by atoms with Gasteiger partial charge in [-0.25, -0.2) is 13.6 Å². The molecule has 1 amide bonds. The number of benzene rings is 1. The molecule has 0 spiro atoms. The number of amides is 1. The number of nitrogens with one attached hydrogen (secondary N) is 1. The van der Waals surface area contributed by atoms with Crippen molar-refractivity contribution in [3.05, 3.63) is 36.0 Å². The number of hydrogen-bond donors (Lipinski definition) is 2. The van der Waals surface area contributed by atoms with Crippen LogP contribution < -0.4 is 10.1 Å². The van der Waals surface area contributed by atoms with Crippen molar-refractivity contribution in [2.75, 3.05) is 6.61 Å². The Labute approximate surface area is 198 Å². The molecule has 2 aliphatic carbocycles. The number of halogens is 2. The normalized spacial score (nSPS) is 21.0. The maximum absolute atomic E-state index is 13.5. The van der Waals surface area contributed by atoms with Crippen LogP contribution in [0.15, 0.2) is 30.5 Å². The lowest BCUT2D eigenvalue weighted by atomic mass is 9.70. The molecule has 6 nitrogen and oxygen atoms in total. The van der Waals surface area contributed by atoms with Gasteiger partial charge in [0.25, 0.3) is 5.91 Å². The predicted molar refractivity (Wildman–Crippen MR) is 124 cm³/mol. The van der Waals surface area contributed by atoms with E-state index in [-0.39, 0.29) is 36.7 Å². The minimum Gasteiger partial charge on any atom is -0.490 e. The summed E-state index contributed by atoms with van der Waals surface area (Å²) in [6, 6.07) is 5.98. The third-order valence-corrected chi connectivity index (χ3v) is 7.49. The lowest BCUT2D eigenvalue weighted by Crippen LogP contribution is -2.52. The molecular weight excluding hydrogens is 442 g/mol. The summed E-state index contributed by atoms with van der Waals surface area (Å²) in [5, 5.41) is 13.5. The van der Waals surface area contributed by atoms with Gasteiger partial charge in [0.05, 0.1) is 12.2 Å². The first-order chi connectivity index (χ1) is 16.2. The molecule has 1 aromatic heterocycles. The second-order valence-corrected chi connectivity index (χ2v) is 10.1. The zero-order valence-corrected chi connectivity index (χ0v) is 19.5. The molecule has 1 heterocycles. The minimum absolute atomic E-state index is 0.0394. The Morgan fingerprint density at radius 3 is 2.53 bits per heavy atom. The van der Waals surface area contributed by atoms with E-state index in [2.05, 4.69) is 10.3 Å². The molecule has 0 radical (unpaired) electrons. The smallest absolute Gasteiger partial charge is 0.326 e. The summed E-state index contributed by atoms with van der Waals surface area (Å²) >= 11 is 0. The van der Waals surface area contributed by atoms with Gasteiger partial charge in [0.15, 0.2) is 5.75 Å². The summed E-state index contributed by atoms with van der Waals surface area (Å²) in [4.78, 5) is 29.9. The number of rotatable bonds is 7. The van der Waals surface area contributed by atoms with Crippen LogP contribution in [-0.2, 0) is 4.79 Å². The topological polar surface area (TPSA) is 88.5 Å². The second-order valence-electron chi connectivity index (χ2n) is 10.1. The van der Waals surface area contributed by atoms with Crippen molar-refractivity contribution in [3.8, 4) is 5.75 Å². The van der Waals surface area contributed by atoms with Gasteiger partial charge in [-0.1, -0.05) is 38.3 Å². The van der Waals surface area contributed by atoms with Crippen molar-refractivity contribution < 1.29 is 28.2 Å². The number of ether oxygens (including phenoxy) is 1. The van der Waals surface area contributed by atoms with Gasteiger partial charge in [0.1, 0.15) is 11.6 Å². The summed E-state index contributed by atoms with van der Waals surface area (Å²) in [7, 11) is 0. The van der Waals surface area contributed by atoms with E-state index in [9.17, 15) is 23.5 Å². The predicted octanol–water partition coefficient (Wildman–Crippen LogP) is 5.59. The number of fused-ring (bicyclic) bond motifs is 1. The lowest BCUT2D eigenvalue weighted by Gasteiger charge is -2.38. The third-order valence-electron chi connectivity index (χ3n) is 7.49. The molecule has 8 heteroatoms. The van der Waals surface area contributed by atoms with Gasteiger partial charge in [-0.05, 0) is 49.1 Å². The van der Waals surface area contributed by atoms with Gasteiger partial charge in [0, 0.05) is 24.4 Å². The number of alkyl halides is 2. The number of pyridine rings is 1. The fourth-order valence-corrected chi connectivity index (χ4v) is 5.30. The molecule has 0 saturated heterocycles. The number of carboxylic acid groups (broad SMARTS) is 1. The number of carbonyl (C=O) groups is 2. The van der Waals surface area contributed by atoms with Gasteiger partial charge in [-0.3, -0.25) is 9.78 Å². The van der Waals surface area contributed by atoms with E-state index >= 15 is 0 Å². The maximum atomic E-state index is 13.5. The van der Waals surface area contributed by atoms with Crippen LogP contribution in [0.3, 0.4) is 0 Å². The van der Waals surface area contributed by atoms with Crippen molar-refractivity contribution in [1.82, 2.24) is 10.3 Å². The van der Waals surface area contributed by atoms with Gasteiger partial charge in [-0.2, -0.15) is 0 Å². The van der Waals surface area contributed by atoms with Crippen LogP contribution in [0, 0.1) is 11.3 Å². The Hall–Kier alpha value is -2.77. The monoisotopic (exact) mass is 474 g/mol. The molecule has 1 aromatic carbocycles. The maximum Gasteiger partial charge on any atom is 0.326 e. The van der Waals surface area contributed by atoms with Crippen molar-refractivity contribution in [2.24, 2.45) is 11.3 Å². The fraction of sp³-hybridized carbons (Fsp3) is 0.577. The molecule has 2 aromatic rings. The van der Waals surface area contributed by atoms with Gasteiger partial charge >= 0.3 is 5.97 Å². The Bertz CT molecular complexity index is 1040. The second kappa shape index (κ2) is 9.84. The minimum atomic E-state index is -2.62. The highest BCUT2D eigenvalue weighted by Crippen LogP contribution is 2.40. The quantitative estimate of drug-likeness (QED) is 0.546. The van der Waals surface area contributed by atoms with Crippen molar-refractivity contribution in [1.29, 1.82) is 0 Å². The SMILES string of the molecule is CC1(C(NC(=O)c2ccc3cccnc3c2OCC2CCC(F)(F)CC2)C(=O)O)CCCCC1. The molecule has 4 rings (SSSR count). The van der Waals surface area contributed by atoms with Crippen molar-refractivity contribution in [3.63, 3.8) is 0 Å². The summed E-state index contributed by atoms with van der Waals surface area (Å²) in [6.45, 7) is 2.12. The molecule has 2 aliphatic rings. The van der Waals surface area contributed by atoms with E-state index in [0.717, 1.165) is 37.5 Å². The first kappa shape index (κ1) is 24.4. The molecule has 2 N–H and O–H groups in total. The molecule has 34 heavy (non-hydrogen) atoms. The van der Waals surface area contributed by atoms with E-state index < -0.39 is 29.3 Å². The van der Waals surface area contributed by atoms with Gasteiger partial charge in [-0.15, -0.1) is 0 Å². The summed E-state index contributed by atoms with van der Waals surface area (Å²) in [5.41, 5.74) is 0.174. The summed E-state index contributed by atoms with van der Waals surface area (Å²) in [5.74, 6) is -3.98. The van der Waals surface area contributed by atoms with E-state index in [1.165, 1.54) is 0 Å². The molecule has 0 bridgehead atoms. The molecule has 0 aliphatic heterocycles. The Balaban J connectivity index is 1.58. The standard InChI is InChI=1S/C26H32F2N2O4/c1-25(11-3-2-4-12-25)22(24(32)33)30-23(31)19-8-7-18-6-5-15-29-20(18)21(19)34-16-17-9-13-26(27,28)14-10-17/h5-8,15,17,22H,2-4,9-14,16H2,1H3,(H,30,31)(H,32,33). The molecule has 1 atom stereocenters. The summed E-state index contributed by atoms with van der Waals surface area (Å²) < 4.78 is 33.2. The van der Waals surface area contributed by atoms with Crippen LogP contribution in [0.5, 0.6) is 5.75 Å². The van der Waals surface area contributed by atoms with E-state index in [1.54, 1.807) is 24.4 Å². The van der Waals surface area contributed by atoms with Gasteiger partial charge in [0.2, 0.25) is 5.92 Å². The Morgan fingerprint density at radius 1 is 1.15 bits per heavy atom. The summed E-state index contributed by atoms with van der Waals surface area (Å²) in [6.07, 6.45) is 6.38. The highest BCUT2D eigenvalue weighted by Gasteiger charge is 2.41. The van der Waals surface area contributed by atoms with Crippen LogP contribution in [0.2, 0.25) is 0 Å². The molecule has 1 unspecified atom stereocenters. The number of hydrogen-bond acceptors (Lipinski definition) is 4. The third kappa shape index (κ3) is 5.31. The number of carbonyl (C=O) groups excluding carboxylic acids is 1. The fourth-order valence-electron chi connectivity index (χ4n) is 5.30. The average Bonchev–Trinajstić information content (AvgIpc) is 2.81. The molecule has 184 valence electrons. The van der Waals surface area contributed by atoms with Crippen LogP contribution >= 0.6 is 0 Å². The largest absolute Gasteiger partial charge is 0.490 e. The van der Waals surface area contributed by atoms with Crippen LogP contribution in [0.4, 0.5) is 8.78 Å². The highest BCUT2D eigenvalue weighted by molar-refractivity contribution is 6.04. The Morgan fingerprint density at radius 2 is 1.85 bits per heavy atom. The first-order valence-corrected chi connectivity index (χ1v) is 12.1. The van der Waals surface area contributed by atoms with Crippen LogP contribution in [-0.4, -0.2) is 40.5 Å². The number of aliphatic carboxylic acids is 1. The number of nitrogens with zero attached hydrogens (tertiary/aromatic N) is 1. The van der Waals surface area contributed by atoms with Crippen molar-refractivity contribution >= 4 is 22.8 Å². The van der Waals surface area contributed by atoms with E-state index in [4.69, 9.17) is 4.74 Å². The number of carboxylic acids is 1. The van der Waals surface area contributed by atoms with Crippen LogP contribution in [0.25, 0.3) is 10.9 Å². The van der Waals surface area contributed by atoms with E-state index in [1.807, 2.05) is 13.0 Å². The molecule has 2 fully saturated rings. The molecule has 2 saturated carbocycles. The lowest BCUT2D eigenvalue weighted by molar-refractivity contribution is -0.143. The highest BCUT2D eigenvalue weighted by atomic mass is 19.3. The average molecular weight is 475 g/mol. The van der Waals surface area contributed by atoms with Gasteiger partial charge < -0.3 is 15.2 Å². The van der Waals surface area contributed by atoms with Crippen LogP contribution in [0.1, 0.15) is 75.1 Å². The zero-order valence-electron chi connectivity index (χ0n) is 19.5. The number of aromatic nitrogens is 1. The first-order valence-electron chi connectivity index (χ1n) is 12.1. The zero-order chi connectivity index (χ0) is 24.3. The van der Waals surface area contributed by atoms with Crippen molar-refractivity contribution in [2.45, 2.75) is 76.7 Å².